The van der Waals surface area contributed by atoms with Crippen LogP contribution < -0.4 is 0 Å². The first-order chi connectivity index (χ1) is 7.08. The molecular formula is C10H8BrNO3. The van der Waals surface area contributed by atoms with E-state index < -0.39 is 6.09 Å². The second-order valence-corrected chi connectivity index (χ2v) is 4.28. The van der Waals surface area contributed by atoms with Crippen LogP contribution in [0.15, 0.2) is 22.7 Å². The van der Waals surface area contributed by atoms with Gasteiger partial charge in [0.05, 0.1) is 13.1 Å². The van der Waals surface area contributed by atoms with E-state index in [1.165, 1.54) is 0 Å². The Kier molecular flexibility index (Phi) is 2.48. The summed E-state index contributed by atoms with van der Waals surface area (Å²) < 4.78 is 0.832. The largest absolute Gasteiger partial charge is 0.465 e. The molecule has 1 aliphatic rings. The average molecular weight is 270 g/mol. The fourth-order valence-corrected chi connectivity index (χ4v) is 1.96. The van der Waals surface area contributed by atoms with Gasteiger partial charge in [-0.3, -0.25) is 9.69 Å². The van der Waals surface area contributed by atoms with Crippen molar-refractivity contribution in [2.75, 3.05) is 6.54 Å². The van der Waals surface area contributed by atoms with Gasteiger partial charge in [-0.15, -0.1) is 0 Å². The molecule has 0 aromatic heterocycles. The molecule has 0 atom stereocenters. The molecule has 0 saturated heterocycles. The summed E-state index contributed by atoms with van der Waals surface area (Å²) in [4.78, 5) is 23.5. The number of ketones is 1. The third-order valence-electron chi connectivity index (χ3n) is 2.34. The van der Waals surface area contributed by atoms with Crippen molar-refractivity contribution in [1.82, 2.24) is 4.90 Å². The van der Waals surface area contributed by atoms with Gasteiger partial charge in [-0.25, -0.2) is 4.79 Å². The van der Waals surface area contributed by atoms with Crippen molar-refractivity contribution in [3.05, 3.63) is 33.8 Å². The maximum atomic E-state index is 11.6. The first-order valence-electron chi connectivity index (χ1n) is 4.37. The van der Waals surface area contributed by atoms with Crippen molar-refractivity contribution in [2.45, 2.75) is 6.54 Å². The number of Topliss-reactive ketones (excluding diaryl/α,β-unsaturated/α-hetero) is 1. The fourth-order valence-electron chi connectivity index (χ4n) is 1.60. The molecule has 1 aliphatic heterocycles. The summed E-state index contributed by atoms with van der Waals surface area (Å²) >= 11 is 3.28. The van der Waals surface area contributed by atoms with Crippen molar-refractivity contribution < 1.29 is 14.7 Å². The minimum absolute atomic E-state index is 0.0568. The van der Waals surface area contributed by atoms with Gasteiger partial charge in [0.2, 0.25) is 0 Å². The Labute approximate surface area is 94.6 Å². The van der Waals surface area contributed by atoms with Crippen LogP contribution in [0.2, 0.25) is 0 Å². The lowest BCUT2D eigenvalue weighted by Gasteiger charge is -2.25. The predicted octanol–water partition coefficient (Wildman–Crippen LogP) is 2.13. The van der Waals surface area contributed by atoms with E-state index in [2.05, 4.69) is 15.9 Å². The zero-order chi connectivity index (χ0) is 11.0. The highest BCUT2D eigenvalue weighted by Gasteiger charge is 2.25. The third kappa shape index (κ3) is 1.87. The number of rotatable bonds is 0. The maximum Gasteiger partial charge on any atom is 0.408 e. The normalized spacial score (nSPS) is 15.0. The fraction of sp³-hybridized carbons (Fsp3) is 0.200. The van der Waals surface area contributed by atoms with Gasteiger partial charge in [0.25, 0.3) is 0 Å². The molecule has 4 nitrogen and oxygen atoms in total. The predicted molar refractivity (Wildman–Crippen MR) is 56.9 cm³/mol. The molecular weight excluding hydrogens is 262 g/mol. The van der Waals surface area contributed by atoms with Crippen LogP contribution in [0.25, 0.3) is 0 Å². The van der Waals surface area contributed by atoms with Gasteiger partial charge in [-0.2, -0.15) is 0 Å². The molecule has 5 heteroatoms. The van der Waals surface area contributed by atoms with Crippen LogP contribution in [0.4, 0.5) is 4.79 Å². The lowest BCUT2D eigenvalue weighted by atomic mass is 9.99. The van der Waals surface area contributed by atoms with Crippen molar-refractivity contribution in [3.8, 4) is 0 Å². The zero-order valence-corrected chi connectivity index (χ0v) is 9.32. The van der Waals surface area contributed by atoms with Crippen LogP contribution in [-0.2, 0) is 6.54 Å². The molecule has 2 rings (SSSR count). The molecule has 15 heavy (non-hydrogen) atoms. The van der Waals surface area contributed by atoms with E-state index in [1.54, 1.807) is 18.2 Å². The highest BCUT2D eigenvalue weighted by Crippen LogP contribution is 2.22. The highest BCUT2D eigenvalue weighted by molar-refractivity contribution is 9.10. The van der Waals surface area contributed by atoms with E-state index in [4.69, 9.17) is 5.11 Å². The van der Waals surface area contributed by atoms with E-state index in [-0.39, 0.29) is 18.9 Å². The summed E-state index contributed by atoms with van der Waals surface area (Å²) in [5.41, 5.74) is 1.37. The number of amides is 1. The number of hydrogen-bond acceptors (Lipinski definition) is 2. The molecule has 1 amide bonds. The number of carbonyl (C=O) groups is 2. The topological polar surface area (TPSA) is 57.6 Å². The van der Waals surface area contributed by atoms with Crippen LogP contribution >= 0.6 is 15.9 Å². The lowest BCUT2D eigenvalue weighted by molar-refractivity contribution is 0.0874. The number of fused-ring (bicyclic) bond motifs is 1. The SMILES string of the molecule is O=C1CN(C(=O)O)Cc2ccc(Br)cc21. The van der Waals surface area contributed by atoms with Gasteiger partial charge >= 0.3 is 6.09 Å². The van der Waals surface area contributed by atoms with E-state index in [0.717, 1.165) is 14.9 Å². The van der Waals surface area contributed by atoms with Crippen LogP contribution in [-0.4, -0.2) is 28.4 Å². The van der Waals surface area contributed by atoms with Crippen LogP contribution in [0.1, 0.15) is 15.9 Å². The maximum absolute atomic E-state index is 11.6. The van der Waals surface area contributed by atoms with Crippen molar-refractivity contribution in [3.63, 3.8) is 0 Å². The average Bonchev–Trinajstić information content (AvgIpc) is 2.18. The minimum Gasteiger partial charge on any atom is -0.465 e. The van der Waals surface area contributed by atoms with E-state index >= 15 is 0 Å². The third-order valence-corrected chi connectivity index (χ3v) is 2.83. The Morgan fingerprint density at radius 3 is 2.80 bits per heavy atom. The van der Waals surface area contributed by atoms with Crippen LogP contribution in [0.5, 0.6) is 0 Å². The molecule has 1 aromatic carbocycles. The Hall–Kier alpha value is -1.36. The number of halogens is 1. The summed E-state index contributed by atoms with van der Waals surface area (Å²) in [7, 11) is 0. The van der Waals surface area contributed by atoms with E-state index in [9.17, 15) is 9.59 Å². The van der Waals surface area contributed by atoms with Gasteiger partial charge < -0.3 is 5.11 Å². The second-order valence-electron chi connectivity index (χ2n) is 3.36. The quantitative estimate of drug-likeness (QED) is 0.785. The van der Waals surface area contributed by atoms with Gasteiger partial charge in [0, 0.05) is 10.0 Å². The molecule has 0 spiro atoms. The van der Waals surface area contributed by atoms with Crippen LogP contribution in [0.3, 0.4) is 0 Å². The molecule has 0 saturated carbocycles. The smallest absolute Gasteiger partial charge is 0.408 e. The van der Waals surface area contributed by atoms with E-state index in [0.29, 0.717) is 5.56 Å². The summed E-state index contributed by atoms with van der Waals surface area (Å²) in [5.74, 6) is -0.153. The summed E-state index contributed by atoms with van der Waals surface area (Å²) in [6, 6.07) is 5.31. The number of carbonyl (C=O) groups excluding carboxylic acids is 1. The van der Waals surface area contributed by atoms with Gasteiger partial charge in [0.1, 0.15) is 0 Å². The molecule has 0 bridgehead atoms. The van der Waals surface area contributed by atoms with Crippen LogP contribution in [0, 0.1) is 0 Å². The zero-order valence-electron chi connectivity index (χ0n) is 7.74. The number of benzene rings is 1. The van der Waals surface area contributed by atoms with Gasteiger partial charge in [0.15, 0.2) is 5.78 Å². The molecule has 0 unspecified atom stereocenters. The molecule has 0 fully saturated rings. The minimum atomic E-state index is -1.06. The van der Waals surface area contributed by atoms with Gasteiger partial charge in [-0.05, 0) is 17.7 Å². The Morgan fingerprint density at radius 2 is 2.13 bits per heavy atom. The Balaban J connectivity index is 2.41. The van der Waals surface area contributed by atoms with Crippen molar-refractivity contribution in [2.24, 2.45) is 0 Å². The summed E-state index contributed by atoms with van der Waals surface area (Å²) in [6.07, 6.45) is -1.06. The number of carboxylic acid groups (broad SMARTS) is 1. The Bertz CT molecular complexity index is 444. The van der Waals surface area contributed by atoms with Gasteiger partial charge in [-0.1, -0.05) is 22.0 Å². The van der Waals surface area contributed by atoms with Crippen molar-refractivity contribution in [1.29, 1.82) is 0 Å². The first-order valence-corrected chi connectivity index (χ1v) is 5.17. The number of nitrogens with zero attached hydrogens (tertiary/aromatic N) is 1. The monoisotopic (exact) mass is 269 g/mol. The lowest BCUT2D eigenvalue weighted by Crippen LogP contribution is -2.38. The number of hydrogen-bond donors (Lipinski definition) is 1. The van der Waals surface area contributed by atoms with Crippen molar-refractivity contribution >= 4 is 27.8 Å². The molecule has 0 radical (unpaired) electrons. The summed E-state index contributed by atoms with van der Waals surface area (Å²) in [5, 5.41) is 8.80. The Morgan fingerprint density at radius 1 is 1.40 bits per heavy atom. The molecule has 78 valence electrons. The van der Waals surface area contributed by atoms with E-state index in [1.807, 2.05) is 0 Å². The first kappa shape index (κ1) is 10.2. The molecule has 0 aliphatic carbocycles. The second kappa shape index (κ2) is 3.66. The highest BCUT2D eigenvalue weighted by atomic mass is 79.9. The molecule has 1 heterocycles. The standard InChI is InChI=1S/C10H8BrNO3/c11-7-2-1-6-4-12(10(14)15)5-9(13)8(6)3-7/h1-3H,4-5H2,(H,14,15). The molecule has 1 N–H and O–H groups in total. The molecule has 1 aromatic rings. The summed E-state index contributed by atoms with van der Waals surface area (Å²) in [6.45, 7) is 0.225.